The zero-order chi connectivity index (χ0) is 22.3. The lowest BCUT2D eigenvalue weighted by molar-refractivity contribution is -0.314. The van der Waals surface area contributed by atoms with Crippen LogP contribution < -0.4 is 10.4 Å². The van der Waals surface area contributed by atoms with Gasteiger partial charge in [0.25, 0.3) is 0 Å². The minimum atomic E-state index is -1.16. The molecule has 4 rings (SSSR count). The zero-order valence-electron chi connectivity index (χ0n) is 17.3. The minimum absolute atomic E-state index is 0.00928. The van der Waals surface area contributed by atoms with Crippen molar-refractivity contribution in [3.63, 3.8) is 0 Å². The van der Waals surface area contributed by atoms with Crippen molar-refractivity contribution in [3.8, 4) is 11.1 Å². The fraction of sp³-hybridized carbons (Fsp3) is 0.435. The van der Waals surface area contributed by atoms with Crippen LogP contribution in [0.25, 0.3) is 11.1 Å². The van der Waals surface area contributed by atoms with Crippen LogP contribution in [-0.4, -0.2) is 24.5 Å². The maximum atomic E-state index is 13.2. The summed E-state index contributed by atoms with van der Waals surface area (Å²) in [5.74, 6) is -3.45. The number of carbonyl (C=O) groups is 3. The molecule has 0 spiro atoms. The van der Waals surface area contributed by atoms with Gasteiger partial charge in [-0.3, -0.25) is 4.79 Å². The quantitative estimate of drug-likeness (QED) is 0.659. The first-order valence-electron chi connectivity index (χ1n) is 10.4. The molecule has 4 unspecified atom stereocenters. The summed E-state index contributed by atoms with van der Waals surface area (Å²) in [6.07, 6.45) is 2.40. The summed E-state index contributed by atoms with van der Waals surface area (Å²) in [4.78, 5) is 38.6. The van der Waals surface area contributed by atoms with Crippen molar-refractivity contribution in [2.75, 3.05) is 11.9 Å². The number of carbonyl (C=O) groups excluding carboxylic acids is 3. The first kappa shape index (κ1) is 21.8. The summed E-state index contributed by atoms with van der Waals surface area (Å²) in [5.41, 5.74) is 1.75. The van der Waals surface area contributed by atoms with Gasteiger partial charge in [-0.1, -0.05) is 23.7 Å². The molecule has 2 fully saturated rings. The fourth-order valence-electron chi connectivity index (χ4n) is 5.20. The number of aliphatic carboxylic acids is 1. The molecule has 2 aliphatic carbocycles. The van der Waals surface area contributed by atoms with Crippen molar-refractivity contribution in [3.05, 3.63) is 39.7 Å². The topological polar surface area (TPSA) is 95.5 Å². The number of fused-ring (bicyclic) bond motifs is 2. The van der Waals surface area contributed by atoms with Crippen LogP contribution in [0.4, 0.5) is 5.00 Å². The van der Waals surface area contributed by atoms with Crippen molar-refractivity contribution in [2.45, 2.75) is 33.1 Å². The van der Waals surface area contributed by atoms with Crippen molar-refractivity contribution in [1.29, 1.82) is 0 Å². The Kier molecular flexibility index (Phi) is 6.08. The number of benzene rings is 1. The molecule has 2 saturated carbocycles. The van der Waals surface area contributed by atoms with Crippen molar-refractivity contribution in [2.24, 2.45) is 23.7 Å². The van der Waals surface area contributed by atoms with Gasteiger partial charge >= 0.3 is 5.97 Å². The molecule has 4 atom stereocenters. The average molecular weight is 461 g/mol. The predicted octanol–water partition coefficient (Wildman–Crippen LogP) is 3.90. The lowest BCUT2D eigenvalue weighted by Gasteiger charge is -2.30. The van der Waals surface area contributed by atoms with E-state index in [0.717, 1.165) is 29.7 Å². The lowest BCUT2D eigenvalue weighted by atomic mass is 9.78. The number of ether oxygens (including phenoxy) is 1. The van der Waals surface area contributed by atoms with E-state index in [-0.39, 0.29) is 29.9 Å². The van der Waals surface area contributed by atoms with Crippen LogP contribution in [0.15, 0.2) is 24.3 Å². The summed E-state index contributed by atoms with van der Waals surface area (Å²) in [7, 11) is 0. The second kappa shape index (κ2) is 8.63. The number of nitrogens with one attached hydrogen (secondary N) is 1. The number of rotatable bonds is 6. The van der Waals surface area contributed by atoms with Crippen LogP contribution in [0.3, 0.4) is 0 Å². The fourth-order valence-corrected chi connectivity index (χ4v) is 6.39. The van der Waals surface area contributed by atoms with E-state index in [2.05, 4.69) is 5.32 Å². The molecule has 2 aliphatic rings. The standard InChI is InChI=1S/C23H24ClNO5S/c1-3-30-23(29)19-16(12-6-8-15(24)9-7-12)11(2)31-21(19)25-20(26)17-13-4-5-14(10-13)18(17)22(27)28/h6-9,13-14,17-18H,3-5,10H2,1-2H3,(H,25,26)(H,27,28)/p-1. The van der Waals surface area contributed by atoms with Crippen LogP contribution in [0, 0.1) is 30.6 Å². The highest BCUT2D eigenvalue weighted by Gasteiger charge is 2.51. The van der Waals surface area contributed by atoms with Gasteiger partial charge in [0.05, 0.1) is 6.61 Å². The zero-order valence-corrected chi connectivity index (χ0v) is 18.8. The Hall–Kier alpha value is -2.38. The lowest BCUT2D eigenvalue weighted by Crippen LogP contribution is -2.44. The molecule has 1 N–H and O–H groups in total. The molecule has 2 aromatic rings. The monoisotopic (exact) mass is 460 g/mol. The van der Waals surface area contributed by atoms with Gasteiger partial charge in [0.15, 0.2) is 0 Å². The highest BCUT2D eigenvalue weighted by Crippen LogP contribution is 2.52. The Balaban J connectivity index is 1.70. The summed E-state index contributed by atoms with van der Waals surface area (Å²) < 4.78 is 5.27. The summed E-state index contributed by atoms with van der Waals surface area (Å²) in [5, 5.41) is 15.5. The van der Waals surface area contributed by atoms with E-state index in [1.807, 2.05) is 19.1 Å². The molecule has 2 bridgehead atoms. The minimum Gasteiger partial charge on any atom is -0.550 e. The van der Waals surface area contributed by atoms with Gasteiger partial charge in [0, 0.05) is 33.3 Å². The van der Waals surface area contributed by atoms with E-state index in [1.165, 1.54) is 11.3 Å². The molecule has 0 radical (unpaired) electrons. The normalized spacial score (nSPS) is 24.2. The van der Waals surface area contributed by atoms with Crippen LogP contribution in [-0.2, 0) is 14.3 Å². The molecule has 1 aromatic heterocycles. The Labute approximate surface area is 189 Å². The highest BCUT2D eigenvalue weighted by molar-refractivity contribution is 7.17. The van der Waals surface area contributed by atoms with Gasteiger partial charge in [-0.05, 0) is 62.6 Å². The maximum absolute atomic E-state index is 13.2. The Morgan fingerprint density at radius 2 is 1.81 bits per heavy atom. The molecule has 0 aliphatic heterocycles. The summed E-state index contributed by atoms with van der Waals surface area (Å²) in [6, 6.07) is 7.10. The van der Waals surface area contributed by atoms with Gasteiger partial charge in [0.1, 0.15) is 10.6 Å². The molecule has 6 nitrogen and oxygen atoms in total. The number of aryl methyl sites for hydroxylation is 1. The van der Waals surface area contributed by atoms with Gasteiger partial charge in [-0.15, -0.1) is 11.3 Å². The first-order valence-corrected chi connectivity index (χ1v) is 11.6. The molecule has 0 saturated heterocycles. The molecule has 164 valence electrons. The molecule has 1 amide bonds. The molecular weight excluding hydrogens is 438 g/mol. The van der Waals surface area contributed by atoms with Crippen molar-refractivity contribution in [1.82, 2.24) is 0 Å². The van der Waals surface area contributed by atoms with E-state index in [1.54, 1.807) is 19.1 Å². The molecular formula is C23H23ClNO5S-. The van der Waals surface area contributed by atoms with E-state index < -0.39 is 23.8 Å². The number of hydrogen-bond donors (Lipinski definition) is 1. The number of halogens is 1. The van der Waals surface area contributed by atoms with Gasteiger partial charge in [-0.25, -0.2) is 4.79 Å². The SMILES string of the molecule is CCOC(=O)c1c(NC(=O)C2C3CCC(C3)C2C(=O)[O-])sc(C)c1-c1ccc(Cl)cc1. The number of anilines is 1. The predicted molar refractivity (Wildman–Crippen MR) is 117 cm³/mol. The summed E-state index contributed by atoms with van der Waals surface area (Å²) >= 11 is 7.29. The van der Waals surface area contributed by atoms with E-state index in [4.69, 9.17) is 16.3 Å². The number of thiophene rings is 1. The number of esters is 1. The van der Waals surface area contributed by atoms with Gasteiger partial charge < -0.3 is 20.0 Å². The second-order valence-electron chi connectivity index (χ2n) is 8.16. The summed E-state index contributed by atoms with van der Waals surface area (Å²) in [6.45, 7) is 3.78. The van der Waals surface area contributed by atoms with Crippen LogP contribution in [0.1, 0.15) is 41.4 Å². The molecule has 8 heteroatoms. The third-order valence-corrected chi connectivity index (χ3v) is 7.70. The Morgan fingerprint density at radius 3 is 2.42 bits per heavy atom. The highest BCUT2D eigenvalue weighted by atomic mass is 35.5. The van der Waals surface area contributed by atoms with Gasteiger partial charge in [0.2, 0.25) is 5.91 Å². The third-order valence-electron chi connectivity index (χ3n) is 6.42. The third kappa shape index (κ3) is 3.96. The van der Waals surface area contributed by atoms with Crippen LogP contribution in [0.2, 0.25) is 5.02 Å². The Bertz CT molecular complexity index is 1030. The number of carboxylic acid groups (broad SMARTS) is 1. The number of amides is 1. The van der Waals surface area contributed by atoms with E-state index in [0.29, 0.717) is 15.6 Å². The van der Waals surface area contributed by atoms with Crippen LogP contribution in [0.5, 0.6) is 0 Å². The number of carboxylic acids is 1. The molecule has 1 heterocycles. The average Bonchev–Trinajstić information content (AvgIpc) is 3.41. The molecule has 1 aromatic carbocycles. The van der Waals surface area contributed by atoms with Crippen molar-refractivity contribution < 1.29 is 24.2 Å². The first-order chi connectivity index (χ1) is 14.8. The molecule has 31 heavy (non-hydrogen) atoms. The smallest absolute Gasteiger partial charge is 0.341 e. The van der Waals surface area contributed by atoms with Crippen molar-refractivity contribution >= 4 is 45.8 Å². The second-order valence-corrected chi connectivity index (χ2v) is 9.82. The number of hydrogen-bond acceptors (Lipinski definition) is 6. The van der Waals surface area contributed by atoms with E-state index in [9.17, 15) is 19.5 Å². The maximum Gasteiger partial charge on any atom is 0.341 e. The van der Waals surface area contributed by atoms with Crippen LogP contribution >= 0.6 is 22.9 Å². The van der Waals surface area contributed by atoms with Gasteiger partial charge in [-0.2, -0.15) is 0 Å². The largest absolute Gasteiger partial charge is 0.550 e. The van der Waals surface area contributed by atoms with E-state index >= 15 is 0 Å². The Morgan fingerprint density at radius 1 is 1.16 bits per heavy atom.